The van der Waals surface area contributed by atoms with Crippen molar-refractivity contribution in [3.63, 3.8) is 0 Å². The van der Waals surface area contributed by atoms with E-state index in [1.165, 1.54) is 34.7 Å². The minimum Gasteiger partial charge on any atom is -0.494 e. The van der Waals surface area contributed by atoms with Gasteiger partial charge in [0.1, 0.15) is 11.9 Å². The molecule has 0 saturated heterocycles. The summed E-state index contributed by atoms with van der Waals surface area (Å²) >= 11 is 0. The molecule has 1 atom stereocenters. The van der Waals surface area contributed by atoms with Crippen LogP contribution in [-0.2, 0) is 22.9 Å². The fourth-order valence-corrected chi connectivity index (χ4v) is 6.32. The van der Waals surface area contributed by atoms with E-state index in [0.717, 1.165) is 37.3 Å². The van der Waals surface area contributed by atoms with E-state index in [-0.39, 0.29) is 16.7 Å². The average Bonchev–Trinajstić information content (AvgIpc) is 2.84. The summed E-state index contributed by atoms with van der Waals surface area (Å²) in [6, 6.07) is 17.7. The van der Waals surface area contributed by atoms with Crippen molar-refractivity contribution < 1.29 is 22.3 Å². The van der Waals surface area contributed by atoms with Gasteiger partial charge < -0.3 is 9.47 Å². The summed E-state index contributed by atoms with van der Waals surface area (Å²) in [6.07, 6.45) is 4.47. The van der Waals surface area contributed by atoms with Crippen molar-refractivity contribution in [2.75, 3.05) is 18.0 Å². The molecule has 1 unspecified atom stereocenters. The Bertz CT molecular complexity index is 1290. The second-order valence-corrected chi connectivity index (χ2v) is 10.3. The molecule has 33 heavy (non-hydrogen) atoms. The van der Waals surface area contributed by atoms with E-state index in [9.17, 15) is 12.8 Å². The van der Waals surface area contributed by atoms with Crippen LogP contribution in [0.5, 0.6) is 11.5 Å². The highest BCUT2D eigenvalue weighted by atomic mass is 32.2. The molecule has 2 aliphatic rings. The predicted octanol–water partition coefficient (Wildman–Crippen LogP) is 5.43. The average molecular weight is 468 g/mol. The van der Waals surface area contributed by atoms with Gasteiger partial charge in [-0.2, -0.15) is 0 Å². The molecule has 7 heteroatoms. The lowest BCUT2D eigenvalue weighted by Crippen LogP contribution is -2.35. The smallest absolute Gasteiger partial charge is 0.264 e. The van der Waals surface area contributed by atoms with Gasteiger partial charge in [0.15, 0.2) is 11.6 Å². The highest BCUT2D eigenvalue weighted by molar-refractivity contribution is 7.92. The van der Waals surface area contributed by atoms with Gasteiger partial charge in [-0.3, -0.25) is 4.31 Å². The van der Waals surface area contributed by atoms with E-state index in [0.29, 0.717) is 24.4 Å². The molecule has 1 aliphatic carbocycles. The van der Waals surface area contributed by atoms with Crippen molar-refractivity contribution in [3.05, 3.63) is 83.2 Å². The molecule has 0 bridgehead atoms. The number of aryl methyl sites for hydroxylation is 2. The number of methoxy groups -OCH3 is 1. The SMILES string of the molecule is COc1cc(S(=O)(=O)N2CCCc3ccc(OC4CCCc5ccccc54)cc32)ccc1F. The third kappa shape index (κ3) is 4.06. The first-order valence-electron chi connectivity index (χ1n) is 11.2. The van der Waals surface area contributed by atoms with E-state index in [1.54, 1.807) is 0 Å². The van der Waals surface area contributed by atoms with Crippen LogP contribution in [0.3, 0.4) is 0 Å². The topological polar surface area (TPSA) is 55.8 Å². The van der Waals surface area contributed by atoms with Gasteiger partial charge in [0.2, 0.25) is 0 Å². The van der Waals surface area contributed by atoms with E-state index in [2.05, 4.69) is 12.1 Å². The molecule has 5 nitrogen and oxygen atoms in total. The number of hydrogen-bond acceptors (Lipinski definition) is 4. The Morgan fingerprint density at radius 2 is 1.79 bits per heavy atom. The summed E-state index contributed by atoms with van der Waals surface area (Å²) in [5, 5.41) is 0. The van der Waals surface area contributed by atoms with Gasteiger partial charge in [0, 0.05) is 18.7 Å². The first kappa shape index (κ1) is 21.8. The minimum absolute atomic E-state index is 0.00105. The molecule has 1 heterocycles. The number of rotatable bonds is 5. The summed E-state index contributed by atoms with van der Waals surface area (Å²) in [5.41, 5.74) is 4.08. The fraction of sp³-hybridized carbons (Fsp3) is 0.308. The standard InChI is InChI=1S/C26H26FNO4S/c1-31-26-17-21(13-14-23(26)27)33(29,30)28-15-5-8-19-11-12-20(16-24(19)28)32-25-10-4-7-18-6-2-3-9-22(18)25/h2-3,6,9,11-14,16-17,25H,4-5,7-8,10,15H2,1H3. The van der Waals surface area contributed by atoms with Crippen LogP contribution in [0, 0.1) is 5.82 Å². The van der Waals surface area contributed by atoms with Crippen LogP contribution in [0.4, 0.5) is 10.1 Å². The van der Waals surface area contributed by atoms with Crippen LogP contribution >= 0.6 is 0 Å². The van der Waals surface area contributed by atoms with E-state index in [4.69, 9.17) is 9.47 Å². The second kappa shape index (κ2) is 8.71. The molecule has 0 fully saturated rings. The van der Waals surface area contributed by atoms with Gasteiger partial charge >= 0.3 is 0 Å². The number of nitrogens with zero attached hydrogens (tertiary/aromatic N) is 1. The van der Waals surface area contributed by atoms with E-state index in [1.807, 2.05) is 30.3 Å². The maximum atomic E-state index is 13.9. The van der Waals surface area contributed by atoms with E-state index < -0.39 is 15.8 Å². The quantitative estimate of drug-likeness (QED) is 0.502. The molecule has 1 aliphatic heterocycles. The van der Waals surface area contributed by atoms with E-state index >= 15 is 0 Å². The molecule has 0 aromatic heterocycles. The second-order valence-electron chi connectivity index (χ2n) is 8.47. The summed E-state index contributed by atoms with van der Waals surface area (Å²) < 4.78 is 53.6. The van der Waals surface area contributed by atoms with Crippen LogP contribution in [0.1, 0.15) is 42.1 Å². The molecule has 3 aromatic carbocycles. The Balaban J connectivity index is 1.48. The van der Waals surface area contributed by atoms with Crippen molar-refractivity contribution in [2.45, 2.75) is 43.1 Å². The normalized spacial score (nSPS) is 17.8. The molecule has 0 spiro atoms. The third-order valence-corrected chi connectivity index (χ3v) is 8.25. The largest absolute Gasteiger partial charge is 0.494 e. The predicted molar refractivity (Wildman–Crippen MR) is 125 cm³/mol. The first-order valence-corrected chi connectivity index (χ1v) is 12.6. The van der Waals surface area contributed by atoms with Gasteiger partial charge in [-0.25, -0.2) is 12.8 Å². The number of anilines is 1. The highest BCUT2D eigenvalue weighted by Gasteiger charge is 2.31. The van der Waals surface area contributed by atoms with Crippen LogP contribution < -0.4 is 13.8 Å². The maximum absolute atomic E-state index is 13.9. The Morgan fingerprint density at radius 3 is 2.64 bits per heavy atom. The van der Waals surface area contributed by atoms with Crippen molar-refractivity contribution >= 4 is 15.7 Å². The highest BCUT2D eigenvalue weighted by Crippen LogP contribution is 2.38. The van der Waals surface area contributed by atoms with Crippen molar-refractivity contribution in [2.24, 2.45) is 0 Å². The van der Waals surface area contributed by atoms with Crippen LogP contribution in [0.2, 0.25) is 0 Å². The number of halogens is 1. The fourth-order valence-electron chi connectivity index (χ4n) is 4.77. The monoisotopic (exact) mass is 467 g/mol. The van der Waals surface area contributed by atoms with Crippen LogP contribution in [0.15, 0.2) is 65.6 Å². The van der Waals surface area contributed by atoms with Crippen molar-refractivity contribution in [1.29, 1.82) is 0 Å². The molecule has 3 aromatic rings. The molecule has 0 N–H and O–H groups in total. The zero-order valence-corrected chi connectivity index (χ0v) is 19.3. The lowest BCUT2D eigenvalue weighted by Gasteiger charge is -2.32. The molecule has 0 radical (unpaired) electrons. The number of sulfonamides is 1. The number of ether oxygens (including phenoxy) is 2. The summed E-state index contributed by atoms with van der Waals surface area (Å²) in [7, 11) is -2.57. The number of fused-ring (bicyclic) bond motifs is 2. The molecule has 172 valence electrons. The molecule has 0 amide bonds. The van der Waals surface area contributed by atoms with Crippen molar-refractivity contribution in [3.8, 4) is 11.5 Å². The lowest BCUT2D eigenvalue weighted by atomic mass is 9.89. The van der Waals surface area contributed by atoms with Crippen molar-refractivity contribution in [1.82, 2.24) is 0 Å². The number of hydrogen-bond donors (Lipinski definition) is 0. The van der Waals surface area contributed by atoms with Gasteiger partial charge in [-0.15, -0.1) is 0 Å². The summed E-state index contributed by atoms with van der Waals surface area (Å²) in [6.45, 7) is 0.352. The van der Waals surface area contributed by atoms with Crippen LogP contribution in [-0.4, -0.2) is 22.1 Å². The molecule has 5 rings (SSSR count). The van der Waals surface area contributed by atoms with Gasteiger partial charge in [0.05, 0.1) is 17.7 Å². The Hall–Kier alpha value is -3.06. The Morgan fingerprint density at radius 1 is 0.970 bits per heavy atom. The number of benzene rings is 3. The third-order valence-electron chi connectivity index (χ3n) is 6.44. The molecular weight excluding hydrogens is 441 g/mol. The molecular formula is C26H26FNO4S. The first-order chi connectivity index (χ1) is 16.0. The zero-order chi connectivity index (χ0) is 23.0. The summed E-state index contributed by atoms with van der Waals surface area (Å²) in [5.74, 6) is -0.0467. The van der Waals surface area contributed by atoms with Gasteiger partial charge in [0.25, 0.3) is 10.0 Å². The Labute approximate surface area is 193 Å². The zero-order valence-electron chi connectivity index (χ0n) is 18.5. The van der Waals surface area contributed by atoms with Gasteiger partial charge in [-0.05, 0) is 67.0 Å². The minimum atomic E-state index is -3.89. The maximum Gasteiger partial charge on any atom is 0.264 e. The lowest BCUT2D eigenvalue weighted by molar-refractivity contribution is 0.183. The Kier molecular flexibility index (Phi) is 5.74. The molecule has 0 saturated carbocycles. The van der Waals surface area contributed by atoms with Gasteiger partial charge in [-0.1, -0.05) is 30.3 Å². The summed E-state index contributed by atoms with van der Waals surface area (Å²) in [4.78, 5) is 0.00105. The van der Waals surface area contributed by atoms with Crippen LogP contribution in [0.25, 0.3) is 0 Å².